The first kappa shape index (κ1) is 39.1. The van der Waals surface area contributed by atoms with E-state index in [1.54, 1.807) is 13.0 Å². The molecule has 1 fully saturated rings. The molecule has 0 unspecified atom stereocenters. The summed E-state index contributed by atoms with van der Waals surface area (Å²) in [4.78, 5) is 12.3. The van der Waals surface area contributed by atoms with Gasteiger partial charge in [0.15, 0.2) is 0 Å². The minimum Gasteiger partial charge on any atom is -0.469 e. The summed E-state index contributed by atoms with van der Waals surface area (Å²) in [7, 11) is 1.38. The number of benzene rings is 2. The Morgan fingerprint density at radius 2 is 1.64 bits per heavy atom. The van der Waals surface area contributed by atoms with Crippen LogP contribution in [0.1, 0.15) is 101 Å². The highest BCUT2D eigenvalue weighted by Crippen LogP contribution is 2.20. The Hall–Kier alpha value is -3.97. The molecule has 1 aliphatic carbocycles. The third-order valence-electron chi connectivity index (χ3n) is 7.69. The number of carbonyl (C=O) groups is 1. The van der Waals surface area contributed by atoms with Gasteiger partial charge in [0.1, 0.15) is 0 Å². The van der Waals surface area contributed by atoms with Gasteiger partial charge in [0.05, 0.1) is 12.9 Å². The van der Waals surface area contributed by atoms with Crippen LogP contribution in [0.5, 0.6) is 0 Å². The molecule has 1 N–H and O–H groups in total. The average molecular weight is 611 g/mol. The summed E-state index contributed by atoms with van der Waals surface area (Å²) in [6.45, 7) is 23.9. The number of unbranched alkanes of at least 4 members (excludes halogenated alkanes) is 1. The minimum atomic E-state index is -0.157. The molecule has 0 radical (unpaired) electrons. The summed E-state index contributed by atoms with van der Waals surface area (Å²) in [6.07, 6.45) is 14.6. The van der Waals surface area contributed by atoms with E-state index in [0.29, 0.717) is 12.5 Å². The molecule has 0 saturated heterocycles. The number of rotatable bonds is 12. The number of allylic oxidation sites excluding steroid dienone is 3. The quantitative estimate of drug-likeness (QED) is 0.112. The molecule has 45 heavy (non-hydrogen) atoms. The summed E-state index contributed by atoms with van der Waals surface area (Å²) in [5.41, 5.74) is 7.20. The van der Waals surface area contributed by atoms with Crippen LogP contribution in [-0.4, -0.2) is 30.6 Å². The van der Waals surface area contributed by atoms with Crippen LogP contribution in [0, 0.1) is 18.8 Å². The van der Waals surface area contributed by atoms with Gasteiger partial charge in [0.25, 0.3) is 0 Å². The molecule has 1 aliphatic rings. The maximum atomic E-state index is 9.96. The molecule has 3 rings (SSSR count). The molecule has 0 amide bonds. The molecule has 0 heterocycles. The number of hydrogen-bond acceptors (Lipinski definition) is 4. The molecular formula is C41H58N2O2. The standard InChI is InChI=1S/C21H32N2.C16H18.C4H8O2/c1-5-17(2)15-23(16-20-13-11-18(3)12-14-20)19(4)22-21-9-7-6-8-10-21;1-4-6-7-15-10-12-16(13-11-15)9-8-14(3)5-2;1-3-4(5)6-2/h5,11-14,21-22H,4,6-10,15-16H2,1-3H3;5,10-13H,2-4,6-7H2,1H3;3H2,1-2H3/b17-5+;;. The molecular weight excluding hydrogens is 552 g/mol. The van der Waals surface area contributed by atoms with Crippen molar-refractivity contribution < 1.29 is 9.53 Å². The molecule has 0 atom stereocenters. The third kappa shape index (κ3) is 17.8. The van der Waals surface area contributed by atoms with E-state index in [0.717, 1.165) is 36.5 Å². The fraction of sp³-hybridized carbons (Fsp3) is 0.439. The van der Waals surface area contributed by atoms with Gasteiger partial charge in [-0.2, -0.15) is 0 Å². The first-order valence-corrected chi connectivity index (χ1v) is 16.5. The molecule has 244 valence electrons. The van der Waals surface area contributed by atoms with Crippen molar-refractivity contribution in [2.75, 3.05) is 13.7 Å². The number of nitrogens with zero attached hydrogens (tertiary/aromatic N) is 1. The predicted molar refractivity (Wildman–Crippen MR) is 194 cm³/mol. The second kappa shape index (κ2) is 23.4. The summed E-state index contributed by atoms with van der Waals surface area (Å²) < 4.78 is 4.26. The zero-order valence-electron chi connectivity index (χ0n) is 29.0. The smallest absolute Gasteiger partial charge is 0.305 e. The third-order valence-corrected chi connectivity index (χ3v) is 7.69. The van der Waals surface area contributed by atoms with Gasteiger partial charge < -0.3 is 15.0 Å². The average Bonchev–Trinajstić information content (AvgIpc) is 3.07. The number of aryl methyl sites for hydroxylation is 2. The summed E-state index contributed by atoms with van der Waals surface area (Å²) in [5.74, 6) is 6.92. The van der Waals surface area contributed by atoms with E-state index in [2.05, 4.69) is 129 Å². The van der Waals surface area contributed by atoms with Crippen molar-refractivity contribution in [3.63, 3.8) is 0 Å². The lowest BCUT2D eigenvalue weighted by molar-refractivity contribution is -0.140. The SMILES string of the molecule is C=C(NC1CCCCC1)N(C/C(C)=C/C)Cc1ccc(C)cc1.C=CC(=C)C#Cc1ccc(CCCC)cc1.CCC(=O)OC. The van der Waals surface area contributed by atoms with Crippen molar-refractivity contribution in [1.82, 2.24) is 10.2 Å². The molecule has 0 aliphatic heterocycles. The molecule has 2 aromatic rings. The Bertz CT molecular complexity index is 1250. The summed E-state index contributed by atoms with van der Waals surface area (Å²) in [5, 5.41) is 3.68. The molecule has 4 heteroatoms. The lowest BCUT2D eigenvalue weighted by atomic mass is 9.95. The van der Waals surface area contributed by atoms with E-state index in [1.807, 2.05) is 0 Å². The first-order valence-electron chi connectivity index (χ1n) is 16.5. The van der Waals surface area contributed by atoms with E-state index in [9.17, 15) is 4.79 Å². The van der Waals surface area contributed by atoms with Crippen molar-refractivity contribution in [2.24, 2.45) is 0 Å². The molecule has 2 aromatic carbocycles. The van der Waals surface area contributed by atoms with Gasteiger partial charge in [-0.15, -0.1) is 0 Å². The van der Waals surface area contributed by atoms with Crippen LogP contribution in [0.3, 0.4) is 0 Å². The summed E-state index contributed by atoms with van der Waals surface area (Å²) >= 11 is 0. The Kier molecular flexibility index (Phi) is 20.3. The number of nitrogens with one attached hydrogen (secondary N) is 1. The zero-order chi connectivity index (χ0) is 33.5. The van der Waals surface area contributed by atoms with E-state index < -0.39 is 0 Å². The van der Waals surface area contributed by atoms with E-state index in [1.165, 1.54) is 74.3 Å². The highest BCUT2D eigenvalue weighted by atomic mass is 16.5. The summed E-state index contributed by atoms with van der Waals surface area (Å²) in [6, 6.07) is 17.8. The van der Waals surface area contributed by atoms with Gasteiger partial charge >= 0.3 is 5.97 Å². The van der Waals surface area contributed by atoms with Crippen LogP contribution in [-0.2, 0) is 22.5 Å². The van der Waals surface area contributed by atoms with Crippen LogP contribution in [0.15, 0.2) is 97.4 Å². The van der Waals surface area contributed by atoms with Crippen molar-refractivity contribution in [1.29, 1.82) is 0 Å². The fourth-order valence-corrected chi connectivity index (χ4v) is 4.61. The Balaban J connectivity index is 0.000000398. The zero-order valence-corrected chi connectivity index (χ0v) is 29.0. The molecule has 0 spiro atoms. The van der Waals surface area contributed by atoms with Crippen LogP contribution >= 0.6 is 0 Å². The Labute approximate surface area is 275 Å². The second-order valence-corrected chi connectivity index (χ2v) is 11.6. The maximum absolute atomic E-state index is 9.96. The van der Waals surface area contributed by atoms with Gasteiger partial charge in [0.2, 0.25) is 0 Å². The monoisotopic (exact) mass is 610 g/mol. The number of methoxy groups -OCH3 is 1. The Morgan fingerprint density at radius 1 is 1.02 bits per heavy atom. The van der Waals surface area contributed by atoms with Crippen molar-refractivity contribution in [2.45, 2.75) is 105 Å². The number of hydrogen-bond donors (Lipinski definition) is 1. The topological polar surface area (TPSA) is 41.6 Å². The fourth-order valence-electron chi connectivity index (χ4n) is 4.61. The van der Waals surface area contributed by atoms with Crippen molar-refractivity contribution >= 4 is 5.97 Å². The molecule has 0 bridgehead atoms. The highest BCUT2D eigenvalue weighted by molar-refractivity contribution is 5.68. The van der Waals surface area contributed by atoms with Gasteiger partial charge in [-0.3, -0.25) is 4.79 Å². The van der Waals surface area contributed by atoms with Crippen molar-refractivity contribution in [3.05, 3.63) is 120 Å². The highest BCUT2D eigenvalue weighted by Gasteiger charge is 2.16. The van der Waals surface area contributed by atoms with Crippen LogP contribution in [0.2, 0.25) is 0 Å². The van der Waals surface area contributed by atoms with Crippen molar-refractivity contribution in [3.8, 4) is 11.8 Å². The van der Waals surface area contributed by atoms with Crippen LogP contribution in [0.4, 0.5) is 0 Å². The predicted octanol–water partition coefficient (Wildman–Crippen LogP) is 9.85. The lowest BCUT2D eigenvalue weighted by Gasteiger charge is -2.32. The van der Waals surface area contributed by atoms with Crippen LogP contribution in [0.25, 0.3) is 0 Å². The van der Waals surface area contributed by atoms with Gasteiger partial charge in [-0.05, 0) is 69.7 Å². The van der Waals surface area contributed by atoms with Gasteiger partial charge in [-0.25, -0.2) is 0 Å². The number of esters is 1. The molecule has 1 saturated carbocycles. The normalized spacial score (nSPS) is 12.5. The molecule has 4 nitrogen and oxygen atoms in total. The van der Waals surface area contributed by atoms with Gasteiger partial charge in [-0.1, -0.05) is 131 Å². The van der Waals surface area contributed by atoms with E-state index >= 15 is 0 Å². The largest absolute Gasteiger partial charge is 0.469 e. The van der Waals surface area contributed by atoms with E-state index in [4.69, 9.17) is 0 Å². The lowest BCUT2D eigenvalue weighted by Crippen LogP contribution is -2.38. The van der Waals surface area contributed by atoms with E-state index in [-0.39, 0.29) is 5.97 Å². The molecule has 0 aromatic heterocycles. The Morgan fingerprint density at radius 3 is 2.16 bits per heavy atom. The van der Waals surface area contributed by atoms with Crippen LogP contribution < -0.4 is 5.32 Å². The maximum Gasteiger partial charge on any atom is 0.305 e. The minimum absolute atomic E-state index is 0.157. The first-order chi connectivity index (χ1) is 21.6. The number of ether oxygens (including phenoxy) is 1. The second-order valence-electron chi connectivity index (χ2n) is 11.6. The van der Waals surface area contributed by atoms with Gasteiger partial charge in [0, 0.05) is 36.7 Å². The number of carbonyl (C=O) groups excluding carboxylic acids is 1.